The molecule has 1 N–H and O–H groups in total. The largest absolute Gasteiger partial charge is 0.457 e. The molecule has 6 atom stereocenters. The molecular formula is C11H17NO5S. The predicted molar refractivity (Wildman–Crippen MR) is 62.2 cm³/mol. The maximum Gasteiger partial charge on any atom is 0.312 e. The number of hydrogen-bond donors (Lipinski definition) is 1. The monoisotopic (exact) mass is 275 g/mol. The highest BCUT2D eigenvalue weighted by Crippen LogP contribution is 2.46. The fourth-order valence-corrected chi connectivity index (χ4v) is 4.29. The van der Waals surface area contributed by atoms with Crippen LogP contribution in [-0.2, 0) is 24.3 Å². The molecule has 0 aromatic heterocycles. The van der Waals surface area contributed by atoms with E-state index in [0.29, 0.717) is 12.8 Å². The Kier molecular flexibility index (Phi) is 2.69. The first-order valence-electron chi connectivity index (χ1n) is 6.31. The molecule has 0 saturated carbocycles. The van der Waals surface area contributed by atoms with Crippen LogP contribution in [0, 0.1) is 5.92 Å². The summed E-state index contributed by atoms with van der Waals surface area (Å²) < 4.78 is 37.6. The van der Waals surface area contributed by atoms with E-state index in [0.717, 1.165) is 0 Å². The van der Waals surface area contributed by atoms with E-state index < -0.39 is 27.4 Å². The molecule has 0 spiro atoms. The maximum atomic E-state index is 12.0. The first kappa shape index (κ1) is 12.4. The normalized spacial score (nSPS) is 43.2. The lowest BCUT2D eigenvalue weighted by atomic mass is 9.87. The van der Waals surface area contributed by atoms with Crippen molar-refractivity contribution in [3.8, 4) is 0 Å². The molecule has 0 aliphatic carbocycles. The fourth-order valence-electron chi connectivity index (χ4n) is 2.95. The van der Waals surface area contributed by atoms with Gasteiger partial charge in [0.1, 0.15) is 12.2 Å². The van der Waals surface area contributed by atoms with Gasteiger partial charge in [0.25, 0.3) is 0 Å². The molecule has 3 aliphatic rings. The summed E-state index contributed by atoms with van der Waals surface area (Å²) in [5, 5.41) is -0.454. The minimum atomic E-state index is -3.38. The zero-order chi connectivity index (χ0) is 13.1. The molecule has 102 valence electrons. The summed E-state index contributed by atoms with van der Waals surface area (Å²) in [5.74, 6) is -0.443. The number of fused-ring (bicyclic) bond motifs is 1. The zero-order valence-corrected chi connectivity index (χ0v) is 11.1. The van der Waals surface area contributed by atoms with Crippen molar-refractivity contribution in [3.05, 3.63) is 0 Å². The van der Waals surface area contributed by atoms with Gasteiger partial charge in [-0.3, -0.25) is 4.79 Å². The summed E-state index contributed by atoms with van der Waals surface area (Å²) in [7, 11) is -3.38. The molecule has 0 aromatic rings. The molecule has 3 heterocycles. The van der Waals surface area contributed by atoms with Gasteiger partial charge in [0.2, 0.25) is 10.0 Å². The van der Waals surface area contributed by atoms with Crippen molar-refractivity contribution >= 4 is 16.0 Å². The van der Waals surface area contributed by atoms with Crippen LogP contribution in [-0.4, -0.2) is 44.0 Å². The number of esters is 1. The van der Waals surface area contributed by atoms with Gasteiger partial charge in [-0.2, -0.15) is 0 Å². The number of hydrogen-bond acceptors (Lipinski definition) is 5. The van der Waals surface area contributed by atoms with Gasteiger partial charge in [0.05, 0.1) is 23.3 Å². The van der Waals surface area contributed by atoms with Crippen molar-refractivity contribution < 1.29 is 22.7 Å². The average molecular weight is 275 g/mol. The molecule has 18 heavy (non-hydrogen) atoms. The first-order valence-corrected chi connectivity index (χ1v) is 7.85. The number of rotatable bonds is 4. The highest BCUT2D eigenvalue weighted by atomic mass is 32.2. The van der Waals surface area contributed by atoms with Crippen LogP contribution in [0.5, 0.6) is 0 Å². The van der Waals surface area contributed by atoms with Crippen LogP contribution in [0.4, 0.5) is 0 Å². The summed E-state index contributed by atoms with van der Waals surface area (Å²) in [6.07, 6.45) is 0.181. The van der Waals surface area contributed by atoms with E-state index in [9.17, 15) is 13.2 Å². The first-order chi connectivity index (χ1) is 8.44. The summed E-state index contributed by atoms with van der Waals surface area (Å²) in [5.41, 5.74) is 0. The molecule has 3 aliphatic heterocycles. The predicted octanol–water partition coefficient (Wildman–Crippen LogP) is -0.214. The molecule has 3 rings (SSSR count). The van der Waals surface area contributed by atoms with Gasteiger partial charge < -0.3 is 9.47 Å². The standard InChI is InChI=1S/C11H17NO5S/c1-3-5(2)18(14,15)12-8-7-4-6-9(16-7)10(8)17-11(6)13/h5-10,12H,3-4H2,1-2H3. The Morgan fingerprint density at radius 2 is 2.17 bits per heavy atom. The van der Waals surface area contributed by atoms with E-state index in [1.54, 1.807) is 6.92 Å². The number of carbonyl (C=O) groups is 1. The van der Waals surface area contributed by atoms with Gasteiger partial charge in [-0.15, -0.1) is 0 Å². The molecule has 0 aromatic carbocycles. The minimum Gasteiger partial charge on any atom is -0.457 e. The molecule has 6 nitrogen and oxygen atoms in total. The molecule has 3 fully saturated rings. The number of carbonyl (C=O) groups excluding carboxylic acids is 1. The Balaban J connectivity index is 1.78. The van der Waals surface area contributed by atoms with Crippen LogP contribution in [0.1, 0.15) is 26.7 Å². The SMILES string of the molecule is CCC(C)S(=O)(=O)NC1C2CC3C(=O)OC1C3O2. The van der Waals surface area contributed by atoms with E-state index >= 15 is 0 Å². The molecule has 2 bridgehead atoms. The van der Waals surface area contributed by atoms with E-state index in [4.69, 9.17) is 9.47 Å². The molecule has 0 radical (unpaired) electrons. The molecule has 3 saturated heterocycles. The summed E-state index contributed by atoms with van der Waals surface area (Å²) in [4.78, 5) is 11.5. The molecule has 0 amide bonds. The lowest BCUT2D eigenvalue weighted by Gasteiger charge is -2.24. The van der Waals surface area contributed by atoms with Gasteiger partial charge in [-0.25, -0.2) is 13.1 Å². The number of ether oxygens (including phenoxy) is 2. The Hall–Kier alpha value is -0.660. The number of nitrogens with one attached hydrogen (secondary N) is 1. The second-order valence-corrected chi connectivity index (χ2v) is 7.42. The number of sulfonamides is 1. The van der Waals surface area contributed by atoms with E-state index in [2.05, 4.69) is 4.72 Å². The quantitative estimate of drug-likeness (QED) is 0.718. The van der Waals surface area contributed by atoms with Gasteiger partial charge in [0, 0.05) is 0 Å². The van der Waals surface area contributed by atoms with E-state index in [1.807, 2.05) is 6.92 Å². The van der Waals surface area contributed by atoms with Crippen molar-refractivity contribution in [2.24, 2.45) is 5.92 Å². The molecule has 6 unspecified atom stereocenters. The van der Waals surface area contributed by atoms with Gasteiger partial charge in [0.15, 0.2) is 0 Å². The van der Waals surface area contributed by atoms with Crippen LogP contribution in [0.2, 0.25) is 0 Å². The summed E-state index contributed by atoms with van der Waals surface area (Å²) >= 11 is 0. The third-order valence-electron chi connectivity index (χ3n) is 4.25. The lowest BCUT2D eigenvalue weighted by Crippen LogP contribution is -2.51. The lowest BCUT2D eigenvalue weighted by molar-refractivity contribution is -0.143. The fraction of sp³-hybridized carbons (Fsp3) is 0.909. The van der Waals surface area contributed by atoms with Gasteiger partial charge >= 0.3 is 5.97 Å². The van der Waals surface area contributed by atoms with E-state index in [-0.39, 0.29) is 24.1 Å². The highest BCUT2D eigenvalue weighted by Gasteiger charge is 2.64. The Morgan fingerprint density at radius 1 is 1.44 bits per heavy atom. The van der Waals surface area contributed by atoms with Crippen LogP contribution in [0.15, 0.2) is 0 Å². The van der Waals surface area contributed by atoms with Crippen molar-refractivity contribution in [2.45, 2.75) is 56.3 Å². The van der Waals surface area contributed by atoms with Crippen molar-refractivity contribution in [3.63, 3.8) is 0 Å². The van der Waals surface area contributed by atoms with Gasteiger partial charge in [-0.05, 0) is 19.8 Å². The van der Waals surface area contributed by atoms with Crippen molar-refractivity contribution in [2.75, 3.05) is 0 Å². The summed E-state index contributed by atoms with van der Waals surface area (Å²) in [6, 6.07) is -0.420. The molecular weight excluding hydrogens is 258 g/mol. The smallest absolute Gasteiger partial charge is 0.312 e. The second kappa shape index (κ2) is 3.91. The molecule has 7 heteroatoms. The van der Waals surface area contributed by atoms with Crippen LogP contribution in [0.3, 0.4) is 0 Å². The minimum absolute atomic E-state index is 0.190. The summed E-state index contributed by atoms with van der Waals surface area (Å²) in [6.45, 7) is 3.49. The Morgan fingerprint density at radius 3 is 2.83 bits per heavy atom. The third-order valence-corrected chi connectivity index (χ3v) is 6.25. The zero-order valence-electron chi connectivity index (χ0n) is 10.3. The van der Waals surface area contributed by atoms with Crippen LogP contribution >= 0.6 is 0 Å². The van der Waals surface area contributed by atoms with Crippen LogP contribution in [0.25, 0.3) is 0 Å². The Labute approximate surface area is 106 Å². The van der Waals surface area contributed by atoms with Crippen molar-refractivity contribution in [1.29, 1.82) is 0 Å². The average Bonchev–Trinajstić information content (AvgIpc) is 2.92. The van der Waals surface area contributed by atoms with E-state index in [1.165, 1.54) is 0 Å². The maximum absolute atomic E-state index is 12.0. The van der Waals surface area contributed by atoms with Crippen LogP contribution < -0.4 is 4.72 Å². The van der Waals surface area contributed by atoms with Gasteiger partial charge in [-0.1, -0.05) is 6.92 Å². The van der Waals surface area contributed by atoms with Crippen molar-refractivity contribution in [1.82, 2.24) is 4.72 Å². The Bertz CT molecular complexity index is 476. The third kappa shape index (κ3) is 1.60. The highest BCUT2D eigenvalue weighted by molar-refractivity contribution is 7.90. The topological polar surface area (TPSA) is 81.7 Å². The second-order valence-electron chi connectivity index (χ2n) is 5.29.